The van der Waals surface area contributed by atoms with Crippen molar-refractivity contribution in [1.82, 2.24) is 9.97 Å². The van der Waals surface area contributed by atoms with Crippen molar-refractivity contribution in [2.75, 3.05) is 0 Å². The normalized spacial score (nSPS) is 11.3. The Morgan fingerprint density at radius 2 is 0.913 bits per heavy atom. The van der Waals surface area contributed by atoms with Gasteiger partial charge in [0.25, 0.3) is 0 Å². The number of aryl methyl sites for hydroxylation is 2. The van der Waals surface area contributed by atoms with Crippen molar-refractivity contribution in [3.05, 3.63) is 169 Å². The molecule has 0 unspecified atom stereocenters. The van der Waals surface area contributed by atoms with E-state index >= 15 is 0 Å². The molecule has 0 saturated heterocycles. The summed E-state index contributed by atoms with van der Waals surface area (Å²) in [4.78, 5) is 8.74. The number of hydrogen-bond acceptors (Lipinski definition) is 2. The lowest BCUT2D eigenvalue weighted by Gasteiger charge is -2.16. The van der Waals surface area contributed by atoms with Crippen LogP contribution in [0.15, 0.2) is 158 Å². The maximum atomic E-state index is 4.39. The van der Waals surface area contributed by atoms with Gasteiger partial charge in [-0.25, -0.2) is 0 Å². The van der Waals surface area contributed by atoms with Gasteiger partial charge in [0, 0.05) is 29.8 Å². The van der Waals surface area contributed by atoms with Crippen molar-refractivity contribution >= 4 is 21.5 Å². The molecule has 0 aliphatic carbocycles. The Labute approximate surface area is 269 Å². The van der Waals surface area contributed by atoms with Gasteiger partial charge in [-0.15, -0.1) is 0 Å². The fraction of sp³-hybridized carbons (Fsp3) is 0.0455. The third kappa shape index (κ3) is 4.95. The fourth-order valence-corrected chi connectivity index (χ4v) is 6.76. The summed E-state index contributed by atoms with van der Waals surface area (Å²) in [5.74, 6) is 0. The predicted molar refractivity (Wildman–Crippen MR) is 194 cm³/mol. The summed E-state index contributed by atoms with van der Waals surface area (Å²) in [6, 6.07) is 50.7. The molecule has 0 bridgehead atoms. The Morgan fingerprint density at radius 3 is 1.52 bits per heavy atom. The number of pyridine rings is 2. The average molecular weight is 589 g/mol. The van der Waals surface area contributed by atoms with Gasteiger partial charge in [-0.2, -0.15) is 0 Å². The number of nitrogens with zero attached hydrogens (tertiary/aromatic N) is 2. The van der Waals surface area contributed by atoms with E-state index in [0.717, 1.165) is 5.69 Å². The van der Waals surface area contributed by atoms with Gasteiger partial charge in [-0.3, -0.25) is 9.97 Å². The minimum absolute atomic E-state index is 1.03. The molecule has 46 heavy (non-hydrogen) atoms. The summed E-state index contributed by atoms with van der Waals surface area (Å²) in [5, 5.41) is 4.99. The van der Waals surface area contributed by atoms with Gasteiger partial charge in [0.05, 0.1) is 0 Å². The van der Waals surface area contributed by atoms with Gasteiger partial charge in [0.1, 0.15) is 0 Å². The van der Waals surface area contributed by atoms with Crippen LogP contribution in [-0.2, 0) is 0 Å². The standard InChI is InChI=1S/C44H32N2/c1-29-22-24-45-28-44(29)35-9-7-8-34(27-35)37-19-21-43(41-13-6-4-11-39(37)41)42-20-18-36(38-10-3-5-12-40(38)42)32-16-14-31(15-17-32)33-23-25-46-30(2)26-33/h3-28H,1-2H3. The van der Waals surface area contributed by atoms with Crippen LogP contribution in [0.25, 0.3) is 77.2 Å². The van der Waals surface area contributed by atoms with Crippen molar-refractivity contribution < 1.29 is 0 Å². The molecule has 0 spiro atoms. The molecule has 0 N–H and O–H groups in total. The van der Waals surface area contributed by atoms with Crippen LogP contribution < -0.4 is 0 Å². The van der Waals surface area contributed by atoms with Gasteiger partial charge in [0.2, 0.25) is 0 Å². The quantitative estimate of drug-likeness (QED) is 0.200. The van der Waals surface area contributed by atoms with Crippen molar-refractivity contribution in [2.45, 2.75) is 13.8 Å². The summed E-state index contributed by atoms with van der Waals surface area (Å²) in [6.07, 6.45) is 5.69. The Kier molecular flexibility index (Phi) is 6.96. The number of aromatic nitrogens is 2. The minimum atomic E-state index is 1.03. The summed E-state index contributed by atoms with van der Waals surface area (Å²) in [6.45, 7) is 4.17. The van der Waals surface area contributed by atoms with Crippen LogP contribution in [0.2, 0.25) is 0 Å². The van der Waals surface area contributed by atoms with Crippen molar-refractivity contribution in [3.63, 3.8) is 0 Å². The molecular formula is C44H32N2. The minimum Gasteiger partial charge on any atom is -0.264 e. The highest BCUT2D eigenvalue weighted by molar-refractivity contribution is 6.12. The van der Waals surface area contributed by atoms with Crippen LogP contribution >= 0.6 is 0 Å². The van der Waals surface area contributed by atoms with E-state index in [0.29, 0.717) is 0 Å². The summed E-state index contributed by atoms with van der Waals surface area (Å²) in [7, 11) is 0. The maximum Gasteiger partial charge on any atom is 0.0378 e. The first kappa shape index (κ1) is 27.7. The number of fused-ring (bicyclic) bond motifs is 2. The molecule has 2 nitrogen and oxygen atoms in total. The summed E-state index contributed by atoms with van der Waals surface area (Å²) < 4.78 is 0. The topological polar surface area (TPSA) is 25.8 Å². The average Bonchev–Trinajstić information content (AvgIpc) is 3.11. The predicted octanol–water partition coefficient (Wildman–Crippen LogP) is 11.7. The zero-order chi connectivity index (χ0) is 31.0. The van der Waals surface area contributed by atoms with E-state index in [4.69, 9.17) is 0 Å². The SMILES string of the molecule is Cc1cc(-c2ccc(-c3ccc(-c4ccc(-c5cccc(-c6cnccc6C)c5)c5ccccc45)c4ccccc34)cc2)ccn1. The first-order valence-electron chi connectivity index (χ1n) is 15.7. The molecule has 0 radical (unpaired) electrons. The van der Waals surface area contributed by atoms with Crippen LogP contribution in [0.3, 0.4) is 0 Å². The molecular weight excluding hydrogens is 556 g/mol. The smallest absolute Gasteiger partial charge is 0.0378 e. The van der Waals surface area contributed by atoms with E-state index in [2.05, 4.69) is 156 Å². The fourth-order valence-electron chi connectivity index (χ4n) is 6.76. The van der Waals surface area contributed by atoms with E-state index in [1.54, 1.807) is 0 Å². The molecule has 0 fully saturated rings. The largest absolute Gasteiger partial charge is 0.264 e. The first-order valence-corrected chi connectivity index (χ1v) is 15.7. The Balaban J connectivity index is 1.23. The zero-order valence-electron chi connectivity index (χ0n) is 25.9. The highest BCUT2D eigenvalue weighted by Gasteiger charge is 2.15. The van der Waals surface area contributed by atoms with Gasteiger partial charge in [0.15, 0.2) is 0 Å². The number of benzene rings is 6. The van der Waals surface area contributed by atoms with Crippen molar-refractivity contribution in [3.8, 4) is 55.6 Å². The van der Waals surface area contributed by atoms with Crippen molar-refractivity contribution in [1.29, 1.82) is 0 Å². The zero-order valence-corrected chi connectivity index (χ0v) is 25.9. The second-order valence-corrected chi connectivity index (χ2v) is 11.9. The third-order valence-electron chi connectivity index (χ3n) is 9.09. The molecule has 2 heterocycles. The van der Waals surface area contributed by atoms with Crippen molar-refractivity contribution in [2.24, 2.45) is 0 Å². The third-order valence-corrected chi connectivity index (χ3v) is 9.09. The molecule has 8 rings (SSSR count). The molecule has 0 atom stereocenters. The Bertz CT molecular complexity index is 2380. The lowest BCUT2D eigenvalue weighted by Crippen LogP contribution is -1.90. The molecule has 8 aromatic rings. The molecule has 0 amide bonds. The van der Waals surface area contributed by atoms with Gasteiger partial charge in [-0.1, -0.05) is 115 Å². The van der Waals surface area contributed by atoms with Crippen LogP contribution in [0.1, 0.15) is 11.3 Å². The molecule has 0 saturated carbocycles. The maximum absolute atomic E-state index is 4.39. The van der Waals surface area contributed by atoms with Gasteiger partial charge in [-0.05, 0) is 115 Å². The summed E-state index contributed by atoms with van der Waals surface area (Å²) in [5.41, 5.74) is 14.3. The number of rotatable bonds is 5. The monoisotopic (exact) mass is 588 g/mol. The molecule has 2 heteroatoms. The highest BCUT2D eigenvalue weighted by atomic mass is 14.6. The van der Waals surface area contributed by atoms with E-state index in [-0.39, 0.29) is 0 Å². The highest BCUT2D eigenvalue weighted by Crippen LogP contribution is 2.41. The molecule has 218 valence electrons. The molecule has 0 aliphatic rings. The van der Waals surface area contributed by atoms with Gasteiger partial charge >= 0.3 is 0 Å². The van der Waals surface area contributed by atoms with E-state index < -0.39 is 0 Å². The van der Waals surface area contributed by atoms with Crippen LogP contribution in [-0.4, -0.2) is 9.97 Å². The second kappa shape index (κ2) is 11.6. The van der Waals surface area contributed by atoms with Crippen LogP contribution in [0, 0.1) is 13.8 Å². The van der Waals surface area contributed by atoms with Crippen LogP contribution in [0.4, 0.5) is 0 Å². The second-order valence-electron chi connectivity index (χ2n) is 11.9. The van der Waals surface area contributed by atoms with E-state index in [9.17, 15) is 0 Å². The van der Waals surface area contributed by atoms with Crippen LogP contribution in [0.5, 0.6) is 0 Å². The Hall–Kier alpha value is -5.86. The van der Waals surface area contributed by atoms with Gasteiger partial charge < -0.3 is 0 Å². The molecule has 2 aromatic heterocycles. The first-order chi connectivity index (χ1) is 22.6. The number of hydrogen-bond donors (Lipinski definition) is 0. The summed E-state index contributed by atoms with van der Waals surface area (Å²) >= 11 is 0. The lowest BCUT2D eigenvalue weighted by molar-refractivity contribution is 1.20. The Morgan fingerprint density at radius 1 is 0.370 bits per heavy atom. The molecule has 0 aliphatic heterocycles. The molecule has 6 aromatic carbocycles. The van der Waals surface area contributed by atoms with E-state index in [1.165, 1.54) is 82.7 Å². The lowest BCUT2D eigenvalue weighted by atomic mass is 9.87. The van der Waals surface area contributed by atoms with E-state index in [1.807, 2.05) is 25.5 Å².